The topological polar surface area (TPSA) is 42.0 Å². The number of aromatic nitrogens is 1. The summed E-state index contributed by atoms with van der Waals surface area (Å²) in [6, 6.07) is 7.95. The normalized spacial score (nSPS) is 22.6. The highest BCUT2D eigenvalue weighted by atomic mass is 32.2. The molecule has 2 aromatic rings. The van der Waals surface area contributed by atoms with E-state index in [-0.39, 0.29) is 5.25 Å². The summed E-state index contributed by atoms with van der Waals surface area (Å²) in [6.07, 6.45) is 0.989. The Morgan fingerprint density at radius 3 is 3.06 bits per heavy atom. The van der Waals surface area contributed by atoms with Crippen molar-refractivity contribution in [3.63, 3.8) is 0 Å². The molecule has 0 amide bonds. The van der Waals surface area contributed by atoms with Crippen LogP contribution in [0.2, 0.25) is 0 Å². The maximum atomic E-state index is 12.2. The molecule has 1 saturated heterocycles. The number of benzene rings is 1. The van der Waals surface area contributed by atoms with Crippen molar-refractivity contribution in [3.05, 3.63) is 24.3 Å². The first kappa shape index (κ1) is 10.4. The number of hydrogen-bond acceptors (Lipinski definition) is 4. The van der Waals surface area contributed by atoms with Gasteiger partial charge in [0.15, 0.2) is 4.34 Å². The van der Waals surface area contributed by atoms with Gasteiger partial charge in [0.1, 0.15) is 0 Å². The Hall–Kier alpha value is -0.780. The van der Waals surface area contributed by atoms with Crippen molar-refractivity contribution in [1.29, 1.82) is 0 Å². The van der Waals surface area contributed by atoms with E-state index in [1.54, 1.807) is 11.3 Å². The fourth-order valence-electron chi connectivity index (χ4n) is 1.89. The third kappa shape index (κ3) is 1.79. The van der Waals surface area contributed by atoms with E-state index >= 15 is 0 Å². The van der Waals surface area contributed by atoms with E-state index in [9.17, 15) is 4.21 Å². The molecule has 84 valence electrons. The molecule has 3 nitrogen and oxygen atoms in total. The summed E-state index contributed by atoms with van der Waals surface area (Å²) in [5.41, 5.74) is 0.960. The minimum Gasteiger partial charge on any atom is -0.315 e. The van der Waals surface area contributed by atoms with Crippen LogP contribution in [0.5, 0.6) is 0 Å². The molecule has 1 unspecified atom stereocenters. The highest BCUT2D eigenvalue weighted by Gasteiger charge is 2.24. The number of rotatable bonds is 2. The van der Waals surface area contributed by atoms with E-state index in [0.29, 0.717) is 0 Å². The molecule has 3 rings (SSSR count). The number of para-hydroxylation sites is 1. The van der Waals surface area contributed by atoms with Gasteiger partial charge >= 0.3 is 0 Å². The van der Waals surface area contributed by atoms with Crippen LogP contribution in [0.25, 0.3) is 10.2 Å². The zero-order valence-electron chi connectivity index (χ0n) is 8.68. The summed E-state index contributed by atoms with van der Waals surface area (Å²) in [7, 11) is -0.946. The van der Waals surface area contributed by atoms with Crippen LogP contribution in [0.3, 0.4) is 0 Å². The predicted molar refractivity (Wildman–Crippen MR) is 67.3 cm³/mol. The van der Waals surface area contributed by atoms with Gasteiger partial charge in [-0.15, -0.1) is 11.3 Å². The van der Waals surface area contributed by atoms with Gasteiger partial charge in [-0.1, -0.05) is 12.1 Å². The van der Waals surface area contributed by atoms with E-state index in [0.717, 1.165) is 34.1 Å². The second kappa shape index (κ2) is 4.24. The largest absolute Gasteiger partial charge is 0.315 e. The van der Waals surface area contributed by atoms with Crippen LogP contribution in [0.4, 0.5) is 0 Å². The Bertz CT molecular complexity index is 499. The Morgan fingerprint density at radius 1 is 1.44 bits per heavy atom. The number of fused-ring (bicyclic) bond motifs is 1. The van der Waals surface area contributed by atoms with Crippen LogP contribution in [-0.4, -0.2) is 27.5 Å². The van der Waals surface area contributed by atoms with Crippen LogP contribution in [-0.2, 0) is 10.8 Å². The van der Waals surface area contributed by atoms with Gasteiger partial charge in [-0.25, -0.2) is 4.98 Å². The van der Waals surface area contributed by atoms with Crippen molar-refractivity contribution in [2.45, 2.75) is 16.0 Å². The molecule has 0 bridgehead atoms. The first-order valence-corrected chi connectivity index (χ1v) is 7.34. The smallest absolute Gasteiger partial charge is 0.182 e. The minimum absolute atomic E-state index is 0.237. The maximum Gasteiger partial charge on any atom is 0.182 e. The average molecular weight is 252 g/mol. The van der Waals surface area contributed by atoms with Gasteiger partial charge in [-0.3, -0.25) is 4.21 Å². The summed E-state index contributed by atoms with van der Waals surface area (Å²) in [5.74, 6) is 0. The van der Waals surface area contributed by atoms with Gasteiger partial charge < -0.3 is 5.32 Å². The van der Waals surface area contributed by atoms with Gasteiger partial charge in [0.2, 0.25) is 0 Å². The van der Waals surface area contributed by atoms with E-state index in [2.05, 4.69) is 10.3 Å². The molecule has 1 aromatic heterocycles. The number of thiazole rings is 1. The lowest BCUT2D eigenvalue weighted by Gasteiger charge is -2.03. The van der Waals surface area contributed by atoms with E-state index in [1.807, 2.05) is 24.3 Å². The standard InChI is InChI=1S/C11H12N2OS2/c14-16(8-5-6-12-7-8)11-13-9-3-1-2-4-10(9)15-11/h1-4,8,12H,5-7H2/t8-,16?/m1/s1. The number of nitrogens with one attached hydrogen (secondary N) is 1. The van der Waals surface area contributed by atoms with Crippen LogP contribution < -0.4 is 5.32 Å². The van der Waals surface area contributed by atoms with Crippen LogP contribution in [0.15, 0.2) is 28.6 Å². The van der Waals surface area contributed by atoms with Crippen LogP contribution >= 0.6 is 11.3 Å². The average Bonchev–Trinajstić information content (AvgIpc) is 2.97. The second-order valence-electron chi connectivity index (χ2n) is 3.86. The lowest BCUT2D eigenvalue weighted by molar-refractivity contribution is 0.672. The summed E-state index contributed by atoms with van der Waals surface area (Å²) >= 11 is 1.55. The fraction of sp³-hybridized carbons (Fsp3) is 0.364. The SMILES string of the molecule is O=S(c1nc2ccccc2s1)[C@@H]1CCNC1. The Balaban J connectivity index is 1.96. The lowest BCUT2D eigenvalue weighted by atomic mass is 10.3. The summed E-state index contributed by atoms with van der Waals surface area (Å²) in [5, 5.41) is 3.48. The molecule has 2 heterocycles. The van der Waals surface area contributed by atoms with E-state index in [4.69, 9.17) is 0 Å². The van der Waals surface area contributed by atoms with Gasteiger partial charge in [-0.2, -0.15) is 0 Å². The lowest BCUT2D eigenvalue weighted by Crippen LogP contribution is -2.18. The molecule has 2 atom stereocenters. The first-order chi connectivity index (χ1) is 7.84. The zero-order chi connectivity index (χ0) is 11.0. The summed E-state index contributed by atoms with van der Waals surface area (Å²) in [6.45, 7) is 1.82. The molecule has 0 saturated carbocycles. The van der Waals surface area contributed by atoms with Gasteiger partial charge in [-0.05, 0) is 25.1 Å². The molecular weight excluding hydrogens is 240 g/mol. The van der Waals surface area contributed by atoms with Crippen LogP contribution in [0, 0.1) is 0 Å². The van der Waals surface area contributed by atoms with Crippen molar-refractivity contribution in [1.82, 2.24) is 10.3 Å². The fourth-order valence-corrected chi connectivity index (χ4v) is 4.67. The Kier molecular flexibility index (Phi) is 2.75. The highest BCUT2D eigenvalue weighted by Crippen LogP contribution is 2.26. The van der Waals surface area contributed by atoms with Crippen molar-refractivity contribution in [2.75, 3.05) is 13.1 Å². The zero-order valence-corrected chi connectivity index (χ0v) is 10.3. The molecule has 0 radical (unpaired) electrons. The summed E-state index contributed by atoms with van der Waals surface area (Å²) < 4.78 is 14.1. The molecule has 1 aliphatic rings. The molecular formula is C11H12N2OS2. The molecule has 5 heteroatoms. The maximum absolute atomic E-state index is 12.2. The van der Waals surface area contributed by atoms with Gasteiger partial charge in [0.25, 0.3) is 0 Å². The van der Waals surface area contributed by atoms with Gasteiger partial charge in [0.05, 0.1) is 26.3 Å². The predicted octanol–water partition coefficient (Wildman–Crippen LogP) is 1.77. The quantitative estimate of drug-likeness (QED) is 0.885. The molecule has 16 heavy (non-hydrogen) atoms. The van der Waals surface area contributed by atoms with Crippen molar-refractivity contribution >= 4 is 32.4 Å². The Morgan fingerprint density at radius 2 is 2.31 bits per heavy atom. The van der Waals surface area contributed by atoms with Gasteiger partial charge in [0, 0.05) is 6.54 Å². The number of nitrogens with zero attached hydrogens (tertiary/aromatic N) is 1. The minimum atomic E-state index is -0.946. The van der Waals surface area contributed by atoms with E-state index in [1.165, 1.54) is 0 Å². The molecule has 1 aliphatic heterocycles. The van der Waals surface area contributed by atoms with E-state index < -0.39 is 10.8 Å². The third-order valence-corrected chi connectivity index (χ3v) is 5.78. The molecule has 1 fully saturated rings. The number of hydrogen-bond donors (Lipinski definition) is 1. The van der Waals surface area contributed by atoms with Crippen molar-refractivity contribution in [2.24, 2.45) is 0 Å². The van der Waals surface area contributed by atoms with Crippen molar-refractivity contribution < 1.29 is 4.21 Å². The molecule has 0 spiro atoms. The summed E-state index contributed by atoms with van der Waals surface area (Å²) in [4.78, 5) is 4.45. The Labute approximate surface area is 100 Å². The van der Waals surface area contributed by atoms with Crippen LogP contribution in [0.1, 0.15) is 6.42 Å². The molecule has 1 aromatic carbocycles. The van der Waals surface area contributed by atoms with Crippen molar-refractivity contribution in [3.8, 4) is 0 Å². The molecule has 1 N–H and O–H groups in total. The third-order valence-electron chi connectivity index (χ3n) is 2.76. The highest BCUT2D eigenvalue weighted by molar-refractivity contribution is 7.88. The first-order valence-electron chi connectivity index (χ1n) is 5.31. The second-order valence-corrected chi connectivity index (χ2v) is 6.80. The molecule has 0 aliphatic carbocycles. The monoisotopic (exact) mass is 252 g/mol.